The summed E-state index contributed by atoms with van der Waals surface area (Å²) in [6, 6.07) is 8.06. The number of carbonyl (C=O) groups excluding carboxylic acids is 1. The van der Waals surface area contributed by atoms with E-state index in [-0.39, 0.29) is 10.9 Å². The lowest BCUT2D eigenvalue weighted by atomic mass is 10.1. The Morgan fingerprint density at radius 3 is 2.18 bits per heavy atom. The molecule has 1 aromatic rings. The Kier molecular flexibility index (Phi) is 7.25. The third-order valence-electron chi connectivity index (χ3n) is 2.82. The third kappa shape index (κ3) is 5.90. The molecule has 0 saturated heterocycles. The highest BCUT2D eigenvalue weighted by atomic mass is 32.2. The number of benzene rings is 1. The first kappa shape index (κ1) is 18.9. The van der Waals surface area contributed by atoms with Gasteiger partial charge in [-0.1, -0.05) is 42.1 Å². The minimum Gasteiger partial charge on any atom is -0.282 e. The Morgan fingerprint density at radius 2 is 1.64 bits per heavy atom. The summed E-state index contributed by atoms with van der Waals surface area (Å²) < 4.78 is 75.6. The van der Waals surface area contributed by atoms with E-state index in [1.54, 1.807) is 30.3 Å². The van der Waals surface area contributed by atoms with Crippen molar-refractivity contribution >= 4 is 16.9 Å². The second-order valence-electron chi connectivity index (χ2n) is 4.59. The second-order valence-corrected chi connectivity index (χ2v) is 5.66. The van der Waals surface area contributed by atoms with Crippen molar-refractivity contribution in [1.82, 2.24) is 0 Å². The fraction of sp³-hybridized carbons (Fsp3) is 0.500. The van der Waals surface area contributed by atoms with Crippen molar-refractivity contribution in [2.24, 2.45) is 0 Å². The van der Waals surface area contributed by atoms with Crippen LogP contribution in [0.15, 0.2) is 30.3 Å². The average molecular weight is 344 g/mol. The predicted octanol–water partition coefficient (Wildman–Crippen LogP) is 4.92. The van der Waals surface area contributed by atoms with Gasteiger partial charge in [-0.05, 0) is 6.42 Å². The minimum absolute atomic E-state index is 0.129. The van der Waals surface area contributed by atoms with Gasteiger partial charge in [0.05, 0.1) is 6.42 Å². The highest BCUT2D eigenvalue weighted by Gasteiger charge is 2.44. The molecule has 0 bridgehead atoms. The zero-order chi connectivity index (χ0) is 16.8. The summed E-state index contributed by atoms with van der Waals surface area (Å²) >= 11 is 0.718. The molecule has 0 aliphatic rings. The standard InChI is InChI=1S/C14H14F6OS/c15-10(11(16)8-14(19,20)13(17)18)6-7-22-12(21)9-4-2-1-3-5-9/h1-5,10-11,13H,6-8H2. The van der Waals surface area contributed by atoms with Crippen LogP contribution in [0.3, 0.4) is 0 Å². The third-order valence-corrected chi connectivity index (χ3v) is 3.75. The van der Waals surface area contributed by atoms with Crippen LogP contribution in [0.1, 0.15) is 23.2 Å². The van der Waals surface area contributed by atoms with Gasteiger partial charge in [0.25, 0.3) is 0 Å². The lowest BCUT2D eigenvalue weighted by Gasteiger charge is -2.19. The lowest BCUT2D eigenvalue weighted by Crippen LogP contribution is -2.34. The molecule has 0 spiro atoms. The van der Waals surface area contributed by atoms with E-state index in [1.165, 1.54) is 0 Å². The topological polar surface area (TPSA) is 17.1 Å². The maximum Gasteiger partial charge on any atom is 0.310 e. The van der Waals surface area contributed by atoms with Gasteiger partial charge < -0.3 is 0 Å². The van der Waals surface area contributed by atoms with Crippen molar-refractivity contribution in [2.75, 3.05) is 5.75 Å². The van der Waals surface area contributed by atoms with E-state index in [0.29, 0.717) is 5.56 Å². The first-order valence-corrected chi connectivity index (χ1v) is 7.39. The summed E-state index contributed by atoms with van der Waals surface area (Å²) in [4.78, 5) is 11.6. The van der Waals surface area contributed by atoms with Gasteiger partial charge in [0.2, 0.25) is 5.12 Å². The van der Waals surface area contributed by atoms with Gasteiger partial charge in [-0.3, -0.25) is 4.79 Å². The molecule has 2 atom stereocenters. The van der Waals surface area contributed by atoms with Crippen molar-refractivity contribution in [1.29, 1.82) is 0 Å². The average Bonchev–Trinajstić information content (AvgIpc) is 2.47. The molecule has 0 heterocycles. The molecule has 0 fully saturated rings. The monoisotopic (exact) mass is 344 g/mol. The van der Waals surface area contributed by atoms with Crippen molar-refractivity contribution in [3.63, 3.8) is 0 Å². The van der Waals surface area contributed by atoms with Crippen LogP contribution >= 0.6 is 11.8 Å². The Labute approximate surface area is 128 Å². The molecule has 0 aromatic heterocycles. The summed E-state index contributed by atoms with van der Waals surface area (Å²) in [6.07, 6.45) is -11.4. The van der Waals surface area contributed by atoms with Crippen LogP contribution in [0.4, 0.5) is 26.3 Å². The quantitative estimate of drug-likeness (QED) is 0.623. The molecular formula is C14H14F6OS. The number of alkyl halides is 6. The molecule has 1 rings (SSSR count). The number of halogens is 6. The maximum absolute atomic E-state index is 13.4. The molecule has 0 amide bonds. The lowest BCUT2D eigenvalue weighted by molar-refractivity contribution is -0.146. The number of thioether (sulfide) groups is 1. The SMILES string of the molecule is O=C(SCCC(F)C(F)CC(F)(F)C(F)F)c1ccccc1. The molecule has 1 aromatic carbocycles. The van der Waals surface area contributed by atoms with E-state index in [2.05, 4.69) is 0 Å². The van der Waals surface area contributed by atoms with Gasteiger partial charge in [0.15, 0.2) is 0 Å². The van der Waals surface area contributed by atoms with Gasteiger partial charge in [0.1, 0.15) is 12.3 Å². The maximum atomic E-state index is 13.4. The van der Waals surface area contributed by atoms with Crippen LogP contribution in [0.5, 0.6) is 0 Å². The smallest absolute Gasteiger partial charge is 0.282 e. The molecule has 0 N–H and O–H groups in total. The summed E-state index contributed by atoms with van der Waals surface area (Å²) in [7, 11) is 0. The van der Waals surface area contributed by atoms with Gasteiger partial charge in [-0.25, -0.2) is 26.3 Å². The second kappa shape index (κ2) is 8.45. The molecule has 2 unspecified atom stereocenters. The summed E-state index contributed by atoms with van der Waals surface area (Å²) in [5.74, 6) is -4.69. The van der Waals surface area contributed by atoms with E-state index < -0.39 is 37.5 Å². The van der Waals surface area contributed by atoms with Crippen LogP contribution in [0, 0.1) is 0 Å². The summed E-state index contributed by atoms with van der Waals surface area (Å²) in [6.45, 7) is 0. The van der Waals surface area contributed by atoms with Crippen molar-refractivity contribution < 1.29 is 31.1 Å². The van der Waals surface area contributed by atoms with Crippen LogP contribution in [-0.2, 0) is 0 Å². The van der Waals surface area contributed by atoms with E-state index in [4.69, 9.17) is 0 Å². The van der Waals surface area contributed by atoms with Crippen molar-refractivity contribution in [3.8, 4) is 0 Å². The van der Waals surface area contributed by atoms with Crippen LogP contribution in [0.25, 0.3) is 0 Å². The van der Waals surface area contributed by atoms with Crippen molar-refractivity contribution in [2.45, 2.75) is 37.5 Å². The first-order valence-electron chi connectivity index (χ1n) is 6.40. The number of rotatable bonds is 8. The molecule has 1 nitrogen and oxygen atoms in total. The fourth-order valence-corrected chi connectivity index (χ4v) is 2.41. The molecule has 124 valence electrons. The predicted molar refractivity (Wildman–Crippen MR) is 73.2 cm³/mol. The number of hydrogen-bond acceptors (Lipinski definition) is 2. The molecule has 22 heavy (non-hydrogen) atoms. The Morgan fingerprint density at radius 1 is 1.05 bits per heavy atom. The molecule has 0 saturated carbocycles. The normalized spacial score (nSPS) is 14.9. The van der Waals surface area contributed by atoms with E-state index in [0.717, 1.165) is 11.8 Å². The van der Waals surface area contributed by atoms with Gasteiger partial charge >= 0.3 is 12.3 Å². The first-order chi connectivity index (χ1) is 10.2. The van der Waals surface area contributed by atoms with Gasteiger partial charge in [-0.15, -0.1) is 0 Å². The van der Waals surface area contributed by atoms with Crippen LogP contribution < -0.4 is 0 Å². The zero-order valence-electron chi connectivity index (χ0n) is 11.3. The van der Waals surface area contributed by atoms with Crippen LogP contribution in [-0.4, -0.2) is 35.6 Å². The number of hydrogen-bond donors (Lipinski definition) is 0. The highest BCUT2D eigenvalue weighted by Crippen LogP contribution is 2.31. The van der Waals surface area contributed by atoms with Gasteiger partial charge in [-0.2, -0.15) is 0 Å². The zero-order valence-corrected chi connectivity index (χ0v) is 12.1. The minimum atomic E-state index is -4.56. The van der Waals surface area contributed by atoms with E-state index in [9.17, 15) is 31.1 Å². The fourth-order valence-electron chi connectivity index (χ4n) is 1.58. The van der Waals surface area contributed by atoms with E-state index >= 15 is 0 Å². The van der Waals surface area contributed by atoms with Gasteiger partial charge in [0, 0.05) is 11.3 Å². The molecule has 0 radical (unpaired) electrons. The molecular weight excluding hydrogens is 330 g/mol. The molecule has 0 aliphatic carbocycles. The molecule has 0 aliphatic heterocycles. The largest absolute Gasteiger partial charge is 0.310 e. The summed E-state index contributed by atoms with van der Waals surface area (Å²) in [5.41, 5.74) is 0.379. The molecule has 8 heteroatoms. The van der Waals surface area contributed by atoms with Crippen molar-refractivity contribution in [3.05, 3.63) is 35.9 Å². The Hall–Kier alpha value is -1.18. The Balaban J connectivity index is 2.37. The van der Waals surface area contributed by atoms with E-state index in [1.807, 2.05) is 0 Å². The highest BCUT2D eigenvalue weighted by molar-refractivity contribution is 8.14. The van der Waals surface area contributed by atoms with Crippen LogP contribution in [0.2, 0.25) is 0 Å². The number of carbonyl (C=O) groups is 1. The Bertz CT molecular complexity index is 468. The summed E-state index contributed by atoms with van der Waals surface area (Å²) in [5, 5.41) is -0.360.